The highest BCUT2D eigenvalue weighted by molar-refractivity contribution is 6.30. The highest BCUT2D eigenvalue weighted by atomic mass is 35.5. The summed E-state index contributed by atoms with van der Waals surface area (Å²) in [4.78, 5) is 14.4. The van der Waals surface area contributed by atoms with Crippen LogP contribution in [0, 0.1) is 0 Å². The van der Waals surface area contributed by atoms with Crippen LogP contribution < -0.4 is 5.32 Å². The summed E-state index contributed by atoms with van der Waals surface area (Å²) in [6, 6.07) is 17.1. The third kappa shape index (κ3) is 5.34. The molecule has 0 saturated heterocycles. The van der Waals surface area contributed by atoms with Crippen molar-refractivity contribution in [1.82, 2.24) is 10.2 Å². The largest absolute Gasteiger partial charge is 0.395 e. The number of carbonyl (C=O) groups excluding carboxylic acids is 1. The Hall–Kier alpha value is -1.88. The van der Waals surface area contributed by atoms with Crippen molar-refractivity contribution < 1.29 is 9.90 Å². The second-order valence-corrected chi connectivity index (χ2v) is 6.00. The Balaban J connectivity index is 2.19. The Morgan fingerprint density at radius 3 is 2.50 bits per heavy atom. The molecule has 0 bridgehead atoms. The van der Waals surface area contributed by atoms with Crippen LogP contribution in [0.5, 0.6) is 0 Å². The maximum Gasteiger partial charge on any atom is 0.234 e. The molecule has 0 saturated carbocycles. The van der Waals surface area contributed by atoms with E-state index in [9.17, 15) is 4.79 Å². The SMILES string of the molecule is CCN(CCO)CC(=O)NC(c1ccccc1)c1cccc(Cl)c1. The highest BCUT2D eigenvalue weighted by Gasteiger charge is 2.18. The summed E-state index contributed by atoms with van der Waals surface area (Å²) in [5.74, 6) is -0.0841. The van der Waals surface area contributed by atoms with Crippen LogP contribution >= 0.6 is 11.6 Å². The van der Waals surface area contributed by atoms with Crippen LogP contribution in [-0.4, -0.2) is 42.2 Å². The number of nitrogens with one attached hydrogen (secondary N) is 1. The number of amides is 1. The molecule has 2 N–H and O–H groups in total. The minimum Gasteiger partial charge on any atom is -0.395 e. The molecule has 24 heavy (non-hydrogen) atoms. The fraction of sp³-hybridized carbons (Fsp3) is 0.316. The summed E-state index contributed by atoms with van der Waals surface area (Å²) in [6.45, 7) is 3.45. The fourth-order valence-corrected chi connectivity index (χ4v) is 2.79. The molecule has 0 fully saturated rings. The van der Waals surface area contributed by atoms with Gasteiger partial charge in [-0.1, -0.05) is 61.0 Å². The van der Waals surface area contributed by atoms with Crippen molar-refractivity contribution in [1.29, 1.82) is 0 Å². The standard InChI is InChI=1S/C19H23ClN2O2/c1-2-22(11-12-23)14-18(24)21-19(15-7-4-3-5-8-15)16-9-6-10-17(20)13-16/h3-10,13,19,23H,2,11-12,14H2,1H3,(H,21,24). The van der Waals surface area contributed by atoms with Crippen molar-refractivity contribution >= 4 is 17.5 Å². The van der Waals surface area contributed by atoms with Crippen molar-refractivity contribution in [2.75, 3.05) is 26.2 Å². The van der Waals surface area contributed by atoms with Crippen LogP contribution in [0.4, 0.5) is 0 Å². The number of likely N-dealkylation sites (N-methyl/N-ethyl adjacent to an activating group) is 1. The maximum absolute atomic E-state index is 12.5. The highest BCUT2D eigenvalue weighted by Crippen LogP contribution is 2.24. The number of halogens is 1. The van der Waals surface area contributed by atoms with Gasteiger partial charge in [0.1, 0.15) is 0 Å². The molecule has 0 spiro atoms. The Kier molecular flexibility index (Phi) is 7.25. The lowest BCUT2D eigenvalue weighted by molar-refractivity contribution is -0.122. The molecule has 1 unspecified atom stereocenters. The number of hydrogen-bond donors (Lipinski definition) is 2. The number of aliphatic hydroxyl groups is 1. The zero-order chi connectivity index (χ0) is 17.4. The van der Waals surface area contributed by atoms with Crippen LogP contribution in [0.1, 0.15) is 24.1 Å². The molecule has 0 aliphatic carbocycles. The number of rotatable bonds is 8. The Labute approximate surface area is 148 Å². The van der Waals surface area contributed by atoms with Crippen LogP contribution in [0.25, 0.3) is 0 Å². The lowest BCUT2D eigenvalue weighted by Gasteiger charge is -2.23. The summed E-state index contributed by atoms with van der Waals surface area (Å²) in [7, 11) is 0. The molecule has 0 radical (unpaired) electrons. The zero-order valence-electron chi connectivity index (χ0n) is 13.8. The first-order chi connectivity index (χ1) is 11.6. The lowest BCUT2D eigenvalue weighted by atomic mass is 9.98. The number of carbonyl (C=O) groups is 1. The average Bonchev–Trinajstić information content (AvgIpc) is 2.60. The summed E-state index contributed by atoms with van der Waals surface area (Å²) in [5, 5.41) is 12.8. The summed E-state index contributed by atoms with van der Waals surface area (Å²) >= 11 is 6.11. The van der Waals surface area contributed by atoms with Crippen molar-refractivity contribution in [3.8, 4) is 0 Å². The van der Waals surface area contributed by atoms with E-state index in [-0.39, 0.29) is 25.1 Å². The lowest BCUT2D eigenvalue weighted by Crippen LogP contribution is -2.40. The van der Waals surface area contributed by atoms with Crippen molar-refractivity contribution in [2.45, 2.75) is 13.0 Å². The quantitative estimate of drug-likeness (QED) is 0.772. The van der Waals surface area contributed by atoms with Gasteiger partial charge in [0, 0.05) is 11.6 Å². The van der Waals surface area contributed by atoms with Gasteiger partial charge in [-0.2, -0.15) is 0 Å². The summed E-state index contributed by atoms with van der Waals surface area (Å²) in [5.41, 5.74) is 1.94. The van der Waals surface area contributed by atoms with Gasteiger partial charge >= 0.3 is 0 Å². The van der Waals surface area contributed by atoms with Crippen LogP contribution in [-0.2, 0) is 4.79 Å². The molecule has 1 atom stereocenters. The van der Waals surface area contributed by atoms with Crippen molar-refractivity contribution in [3.05, 3.63) is 70.7 Å². The monoisotopic (exact) mass is 346 g/mol. The molecule has 2 rings (SSSR count). The van der Waals surface area contributed by atoms with Crippen LogP contribution in [0.3, 0.4) is 0 Å². The van der Waals surface area contributed by atoms with Gasteiger partial charge < -0.3 is 10.4 Å². The smallest absolute Gasteiger partial charge is 0.234 e. The van der Waals surface area contributed by atoms with Gasteiger partial charge in [0.05, 0.1) is 19.2 Å². The van der Waals surface area contributed by atoms with E-state index < -0.39 is 0 Å². The van der Waals surface area contributed by atoms with E-state index in [1.54, 1.807) is 0 Å². The van der Waals surface area contributed by atoms with Crippen LogP contribution in [0.2, 0.25) is 5.02 Å². The number of hydrogen-bond acceptors (Lipinski definition) is 3. The van der Waals surface area contributed by atoms with E-state index in [0.29, 0.717) is 18.1 Å². The van der Waals surface area contributed by atoms with Gasteiger partial charge in [-0.25, -0.2) is 0 Å². The molecular formula is C19H23ClN2O2. The summed E-state index contributed by atoms with van der Waals surface area (Å²) in [6.07, 6.45) is 0. The second kappa shape index (κ2) is 9.42. The first-order valence-corrected chi connectivity index (χ1v) is 8.44. The molecule has 128 valence electrons. The molecule has 0 aliphatic heterocycles. The van der Waals surface area contributed by atoms with Gasteiger partial charge in [-0.05, 0) is 29.8 Å². The minimum atomic E-state index is -0.259. The first kappa shape index (κ1) is 18.5. The third-order valence-electron chi connectivity index (χ3n) is 3.85. The fourth-order valence-electron chi connectivity index (χ4n) is 2.59. The molecule has 2 aromatic rings. The molecule has 0 heterocycles. The van der Waals surface area contributed by atoms with Gasteiger partial charge in [0.25, 0.3) is 0 Å². The zero-order valence-corrected chi connectivity index (χ0v) is 14.5. The third-order valence-corrected chi connectivity index (χ3v) is 4.09. The van der Waals surface area contributed by atoms with Crippen molar-refractivity contribution in [3.63, 3.8) is 0 Å². The predicted molar refractivity (Wildman–Crippen MR) is 97.1 cm³/mol. The first-order valence-electron chi connectivity index (χ1n) is 8.07. The van der Waals surface area contributed by atoms with E-state index in [1.807, 2.05) is 66.4 Å². The number of aliphatic hydroxyl groups excluding tert-OH is 1. The van der Waals surface area contributed by atoms with Gasteiger partial charge in [0.2, 0.25) is 5.91 Å². The van der Waals surface area contributed by atoms with Gasteiger partial charge in [-0.15, -0.1) is 0 Å². The van der Waals surface area contributed by atoms with E-state index in [2.05, 4.69) is 5.32 Å². The van der Waals surface area contributed by atoms with Gasteiger partial charge in [0.15, 0.2) is 0 Å². The van der Waals surface area contributed by atoms with Crippen molar-refractivity contribution in [2.24, 2.45) is 0 Å². The van der Waals surface area contributed by atoms with Crippen LogP contribution in [0.15, 0.2) is 54.6 Å². The van der Waals surface area contributed by atoms with E-state index in [4.69, 9.17) is 16.7 Å². The normalized spacial score (nSPS) is 12.2. The maximum atomic E-state index is 12.5. The molecule has 2 aromatic carbocycles. The predicted octanol–water partition coefficient (Wildman–Crippen LogP) is 2.86. The number of nitrogens with zero attached hydrogens (tertiary/aromatic N) is 1. The molecule has 0 aliphatic rings. The Bertz CT molecular complexity index is 649. The molecular weight excluding hydrogens is 324 g/mol. The average molecular weight is 347 g/mol. The van der Waals surface area contributed by atoms with E-state index in [1.165, 1.54) is 0 Å². The molecule has 4 nitrogen and oxygen atoms in total. The van der Waals surface area contributed by atoms with E-state index >= 15 is 0 Å². The molecule has 0 aromatic heterocycles. The molecule has 5 heteroatoms. The van der Waals surface area contributed by atoms with E-state index in [0.717, 1.165) is 11.1 Å². The Morgan fingerprint density at radius 1 is 1.17 bits per heavy atom. The second-order valence-electron chi connectivity index (χ2n) is 5.56. The number of benzene rings is 2. The Morgan fingerprint density at radius 2 is 1.88 bits per heavy atom. The summed E-state index contributed by atoms with van der Waals surface area (Å²) < 4.78 is 0. The molecule has 1 amide bonds. The minimum absolute atomic E-state index is 0.0392. The van der Waals surface area contributed by atoms with Gasteiger partial charge in [-0.3, -0.25) is 9.69 Å². The topological polar surface area (TPSA) is 52.6 Å².